The van der Waals surface area contributed by atoms with Gasteiger partial charge in [-0.05, 0) is 34.4 Å². The summed E-state index contributed by atoms with van der Waals surface area (Å²) in [5.41, 5.74) is 11.6. The standard InChI is InChI=1S/C25H20Cl2N2O2/c26-17-13-16(24(28)23(27)14-17)7-5-6-12-29-25(30)31-15-22-20-10-3-1-8-18(20)19-9-2-4-11-21(19)22/h1-4,8-11,13-14,22H,6,12,15,28H2,(H,29,30). The zero-order chi connectivity index (χ0) is 21.8. The molecule has 6 heteroatoms. The lowest BCUT2D eigenvalue weighted by Crippen LogP contribution is -2.26. The summed E-state index contributed by atoms with van der Waals surface area (Å²) in [5, 5.41) is 3.57. The molecule has 0 aromatic heterocycles. The number of fused-ring (bicyclic) bond motifs is 3. The highest BCUT2D eigenvalue weighted by molar-refractivity contribution is 6.36. The minimum absolute atomic E-state index is 0.0356. The number of benzene rings is 3. The summed E-state index contributed by atoms with van der Waals surface area (Å²) >= 11 is 12.0. The first-order chi connectivity index (χ1) is 15.0. The molecule has 0 unspecified atom stereocenters. The molecule has 0 atom stereocenters. The molecule has 31 heavy (non-hydrogen) atoms. The number of carbonyl (C=O) groups is 1. The van der Waals surface area contributed by atoms with Crippen LogP contribution in [-0.2, 0) is 4.74 Å². The molecule has 1 aliphatic carbocycles. The predicted molar refractivity (Wildman–Crippen MR) is 125 cm³/mol. The Labute approximate surface area is 191 Å². The molecule has 0 aliphatic heterocycles. The molecule has 4 nitrogen and oxygen atoms in total. The lowest BCUT2D eigenvalue weighted by atomic mass is 9.98. The number of nitrogens with two attached hydrogens (primary N) is 1. The van der Waals surface area contributed by atoms with Gasteiger partial charge in [-0.25, -0.2) is 4.79 Å². The third-order valence-corrected chi connectivity index (χ3v) is 5.71. The van der Waals surface area contributed by atoms with Crippen molar-refractivity contribution in [3.05, 3.63) is 87.4 Å². The minimum Gasteiger partial charge on any atom is -0.449 e. The first-order valence-corrected chi connectivity index (χ1v) is 10.6. The van der Waals surface area contributed by atoms with E-state index >= 15 is 0 Å². The fourth-order valence-electron chi connectivity index (χ4n) is 3.72. The van der Waals surface area contributed by atoms with E-state index in [0.717, 1.165) is 0 Å². The number of hydrogen-bond donors (Lipinski definition) is 2. The average molecular weight is 451 g/mol. The second kappa shape index (κ2) is 9.34. The lowest BCUT2D eigenvalue weighted by molar-refractivity contribution is 0.143. The van der Waals surface area contributed by atoms with Gasteiger partial charge >= 0.3 is 6.09 Å². The van der Waals surface area contributed by atoms with Crippen LogP contribution in [0.25, 0.3) is 11.1 Å². The van der Waals surface area contributed by atoms with Gasteiger partial charge < -0.3 is 15.8 Å². The summed E-state index contributed by atoms with van der Waals surface area (Å²) < 4.78 is 5.50. The maximum absolute atomic E-state index is 12.2. The fraction of sp³-hybridized carbons (Fsp3) is 0.160. The number of anilines is 1. The summed E-state index contributed by atoms with van der Waals surface area (Å²) in [4.78, 5) is 12.2. The van der Waals surface area contributed by atoms with Crippen molar-refractivity contribution in [1.82, 2.24) is 5.32 Å². The van der Waals surface area contributed by atoms with Gasteiger partial charge in [0.2, 0.25) is 0 Å². The second-order valence-electron chi connectivity index (χ2n) is 7.15. The zero-order valence-electron chi connectivity index (χ0n) is 16.6. The van der Waals surface area contributed by atoms with E-state index in [1.807, 2.05) is 24.3 Å². The largest absolute Gasteiger partial charge is 0.449 e. The van der Waals surface area contributed by atoms with Crippen LogP contribution in [0.3, 0.4) is 0 Å². The van der Waals surface area contributed by atoms with Crippen LogP contribution >= 0.6 is 23.2 Å². The quantitative estimate of drug-likeness (QED) is 0.297. The molecule has 1 aliphatic rings. The van der Waals surface area contributed by atoms with Crippen LogP contribution < -0.4 is 11.1 Å². The Kier molecular flexibility index (Phi) is 6.36. The van der Waals surface area contributed by atoms with Gasteiger partial charge in [-0.15, -0.1) is 0 Å². The number of alkyl carbamates (subject to hydrolysis) is 1. The Morgan fingerprint density at radius 2 is 1.68 bits per heavy atom. The number of carbonyl (C=O) groups excluding carboxylic acids is 1. The molecular weight excluding hydrogens is 431 g/mol. The number of hydrogen-bond acceptors (Lipinski definition) is 3. The highest BCUT2D eigenvalue weighted by atomic mass is 35.5. The fourth-order valence-corrected chi connectivity index (χ4v) is 4.22. The molecule has 1 amide bonds. The SMILES string of the molecule is Nc1c(Cl)cc(Cl)cc1C#CCCNC(=O)OCC1c2ccccc2-c2ccccc21. The average Bonchev–Trinajstić information content (AvgIpc) is 3.09. The highest BCUT2D eigenvalue weighted by Gasteiger charge is 2.28. The summed E-state index contributed by atoms with van der Waals surface area (Å²) in [6.07, 6.45) is -0.0256. The molecule has 0 heterocycles. The Morgan fingerprint density at radius 3 is 2.35 bits per heavy atom. The second-order valence-corrected chi connectivity index (χ2v) is 8.00. The van der Waals surface area contributed by atoms with Crippen molar-refractivity contribution in [2.24, 2.45) is 0 Å². The van der Waals surface area contributed by atoms with E-state index in [9.17, 15) is 4.79 Å². The molecule has 0 saturated carbocycles. The van der Waals surface area contributed by atoms with Gasteiger partial charge in [-0.2, -0.15) is 0 Å². The van der Waals surface area contributed by atoms with Gasteiger partial charge in [-0.1, -0.05) is 83.6 Å². The van der Waals surface area contributed by atoms with Gasteiger partial charge in [0, 0.05) is 23.9 Å². The molecule has 3 aromatic rings. The normalized spacial score (nSPS) is 11.8. The molecule has 3 N–H and O–H groups in total. The maximum atomic E-state index is 12.2. The van der Waals surface area contributed by atoms with Crippen molar-refractivity contribution in [1.29, 1.82) is 0 Å². The lowest BCUT2D eigenvalue weighted by Gasteiger charge is -2.14. The smallest absolute Gasteiger partial charge is 0.407 e. The number of ether oxygens (including phenoxy) is 1. The zero-order valence-corrected chi connectivity index (χ0v) is 18.1. The molecule has 0 saturated heterocycles. The molecule has 0 spiro atoms. The minimum atomic E-state index is -0.464. The van der Waals surface area contributed by atoms with Crippen molar-refractivity contribution in [3.8, 4) is 23.0 Å². The van der Waals surface area contributed by atoms with E-state index in [1.54, 1.807) is 12.1 Å². The van der Waals surface area contributed by atoms with Crippen LogP contribution in [0.1, 0.15) is 29.0 Å². The van der Waals surface area contributed by atoms with Crippen LogP contribution in [-0.4, -0.2) is 19.2 Å². The Morgan fingerprint density at radius 1 is 1.03 bits per heavy atom. The molecule has 0 bridgehead atoms. The summed E-state index contributed by atoms with van der Waals surface area (Å²) in [5.74, 6) is 5.92. The number of rotatable bonds is 4. The third kappa shape index (κ3) is 4.64. The molecule has 0 fully saturated rings. The van der Waals surface area contributed by atoms with Crippen LogP contribution in [0.4, 0.5) is 10.5 Å². The summed E-state index contributed by atoms with van der Waals surface area (Å²) in [6.45, 7) is 0.640. The number of halogens is 2. The van der Waals surface area contributed by atoms with Crippen LogP contribution in [0.2, 0.25) is 10.0 Å². The Balaban J connectivity index is 1.30. The first-order valence-electron chi connectivity index (χ1n) is 9.87. The van der Waals surface area contributed by atoms with Gasteiger partial charge in [0.05, 0.1) is 16.3 Å². The predicted octanol–water partition coefficient (Wildman–Crippen LogP) is 5.86. The summed E-state index contributed by atoms with van der Waals surface area (Å²) in [6, 6.07) is 19.7. The number of nitrogen functional groups attached to an aromatic ring is 1. The topological polar surface area (TPSA) is 64.3 Å². The van der Waals surface area contributed by atoms with E-state index in [-0.39, 0.29) is 12.5 Å². The molecule has 156 valence electrons. The highest BCUT2D eigenvalue weighted by Crippen LogP contribution is 2.44. The van der Waals surface area contributed by atoms with E-state index in [0.29, 0.717) is 34.3 Å². The molecular formula is C25H20Cl2N2O2. The molecule has 4 rings (SSSR count). The first kappa shape index (κ1) is 21.1. The van der Waals surface area contributed by atoms with Crippen LogP contribution in [0.15, 0.2) is 60.7 Å². The van der Waals surface area contributed by atoms with E-state index in [1.165, 1.54) is 22.3 Å². The monoisotopic (exact) mass is 450 g/mol. The van der Waals surface area contributed by atoms with Crippen molar-refractivity contribution in [3.63, 3.8) is 0 Å². The van der Waals surface area contributed by atoms with Gasteiger partial charge in [-0.3, -0.25) is 0 Å². The van der Waals surface area contributed by atoms with Gasteiger partial charge in [0.1, 0.15) is 6.61 Å². The number of nitrogens with one attached hydrogen (secondary N) is 1. The maximum Gasteiger partial charge on any atom is 0.407 e. The van der Waals surface area contributed by atoms with Crippen LogP contribution in [0.5, 0.6) is 0 Å². The molecule has 3 aromatic carbocycles. The van der Waals surface area contributed by atoms with E-state index in [2.05, 4.69) is 41.4 Å². The molecule has 0 radical (unpaired) electrons. The Hall–Kier alpha value is -3.13. The Bertz CT molecular complexity index is 1150. The van der Waals surface area contributed by atoms with Crippen molar-refractivity contribution in [2.45, 2.75) is 12.3 Å². The van der Waals surface area contributed by atoms with Crippen molar-refractivity contribution < 1.29 is 9.53 Å². The van der Waals surface area contributed by atoms with Crippen LogP contribution in [0, 0.1) is 11.8 Å². The van der Waals surface area contributed by atoms with Crippen molar-refractivity contribution in [2.75, 3.05) is 18.9 Å². The van der Waals surface area contributed by atoms with Gasteiger partial charge in [0.15, 0.2) is 0 Å². The van der Waals surface area contributed by atoms with E-state index in [4.69, 9.17) is 33.7 Å². The van der Waals surface area contributed by atoms with Crippen molar-refractivity contribution >= 4 is 35.0 Å². The van der Waals surface area contributed by atoms with Gasteiger partial charge in [0.25, 0.3) is 0 Å². The third-order valence-electron chi connectivity index (χ3n) is 5.18. The number of amides is 1. The summed E-state index contributed by atoms with van der Waals surface area (Å²) in [7, 11) is 0. The van der Waals surface area contributed by atoms with E-state index < -0.39 is 6.09 Å².